The van der Waals surface area contributed by atoms with Crippen molar-refractivity contribution in [3.05, 3.63) is 150 Å². The largest absolute Gasteiger partial charge is 0.487 e. The predicted octanol–water partition coefficient (Wildman–Crippen LogP) is 6.76. The van der Waals surface area contributed by atoms with Gasteiger partial charge in [-0.1, -0.05) is 133 Å². The van der Waals surface area contributed by atoms with Crippen molar-refractivity contribution in [1.82, 2.24) is 4.90 Å². The van der Waals surface area contributed by atoms with Crippen molar-refractivity contribution in [3.63, 3.8) is 0 Å². The molecular weight excluding hydrogens is 429 g/mol. The molecule has 0 aliphatic carbocycles. The third-order valence-electron chi connectivity index (χ3n) is 6.28. The fraction of sp³-hybridized carbons (Fsp3) is 0.161. The summed E-state index contributed by atoms with van der Waals surface area (Å²) in [7, 11) is -0.468. The van der Waals surface area contributed by atoms with Gasteiger partial charge in [0.05, 0.1) is 12.2 Å². The highest BCUT2D eigenvalue weighted by Crippen LogP contribution is 2.29. The molecule has 0 N–H and O–H groups in total. The number of benzene rings is 4. The summed E-state index contributed by atoms with van der Waals surface area (Å²) in [5.41, 5.74) is 4.73. The SMILES string of the molecule is C(=C\c1ccccc1)/B1O[C@H](c2ccccc2)CN(Cc2ccccc2)C[C@@H](c2ccccc2)O1. The lowest BCUT2D eigenvalue weighted by Crippen LogP contribution is -2.41. The fourth-order valence-electron chi connectivity index (χ4n) is 4.50. The van der Waals surface area contributed by atoms with Crippen molar-refractivity contribution in [2.45, 2.75) is 18.8 Å². The molecule has 35 heavy (non-hydrogen) atoms. The van der Waals surface area contributed by atoms with Gasteiger partial charge < -0.3 is 9.31 Å². The smallest absolute Gasteiger partial charge is 0.399 e. The maximum atomic E-state index is 6.67. The van der Waals surface area contributed by atoms with Crippen LogP contribution in [0.2, 0.25) is 0 Å². The average Bonchev–Trinajstić information content (AvgIpc) is 2.91. The first-order chi connectivity index (χ1) is 17.3. The van der Waals surface area contributed by atoms with Gasteiger partial charge in [-0.25, -0.2) is 0 Å². The van der Waals surface area contributed by atoms with Gasteiger partial charge in [0, 0.05) is 19.6 Å². The molecule has 0 aromatic heterocycles. The quantitative estimate of drug-likeness (QED) is 0.298. The summed E-state index contributed by atoms with van der Waals surface area (Å²) < 4.78 is 13.3. The third-order valence-corrected chi connectivity index (χ3v) is 6.28. The Kier molecular flexibility index (Phi) is 7.87. The van der Waals surface area contributed by atoms with Gasteiger partial charge in [0.25, 0.3) is 0 Å². The van der Waals surface area contributed by atoms with E-state index in [9.17, 15) is 0 Å². The molecule has 1 heterocycles. The minimum Gasteiger partial charge on any atom is -0.399 e. The van der Waals surface area contributed by atoms with Gasteiger partial charge in [0.1, 0.15) is 0 Å². The van der Waals surface area contributed by atoms with E-state index in [0.717, 1.165) is 36.3 Å². The maximum absolute atomic E-state index is 6.67. The van der Waals surface area contributed by atoms with Crippen molar-refractivity contribution in [2.24, 2.45) is 0 Å². The molecule has 1 fully saturated rings. The maximum Gasteiger partial charge on any atom is 0.487 e. The number of hydrogen-bond acceptors (Lipinski definition) is 3. The molecule has 4 heteroatoms. The van der Waals surface area contributed by atoms with Crippen LogP contribution in [0.4, 0.5) is 0 Å². The second-order valence-corrected chi connectivity index (χ2v) is 8.89. The van der Waals surface area contributed by atoms with Crippen LogP contribution in [-0.4, -0.2) is 25.1 Å². The zero-order valence-electron chi connectivity index (χ0n) is 19.8. The minimum absolute atomic E-state index is 0.109. The molecule has 4 aromatic carbocycles. The van der Waals surface area contributed by atoms with Crippen LogP contribution < -0.4 is 0 Å². The molecule has 0 radical (unpaired) electrons. The Balaban J connectivity index is 1.46. The van der Waals surface area contributed by atoms with Gasteiger partial charge in [0.15, 0.2) is 0 Å². The Morgan fingerprint density at radius 1 is 0.629 bits per heavy atom. The van der Waals surface area contributed by atoms with E-state index in [4.69, 9.17) is 9.31 Å². The molecule has 3 nitrogen and oxygen atoms in total. The summed E-state index contributed by atoms with van der Waals surface area (Å²) in [4.78, 5) is 2.45. The van der Waals surface area contributed by atoms with Crippen LogP contribution in [-0.2, 0) is 15.9 Å². The van der Waals surface area contributed by atoms with Crippen LogP contribution in [0.25, 0.3) is 6.08 Å². The van der Waals surface area contributed by atoms with Crippen molar-refractivity contribution in [3.8, 4) is 0 Å². The number of rotatable bonds is 6. The highest BCUT2D eigenvalue weighted by atomic mass is 16.6. The Morgan fingerprint density at radius 2 is 1.09 bits per heavy atom. The van der Waals surface area contributed by atoms with Crippen molar-refractivity contribution >= 4 is 13.2 Å². The predicted molar refractivity (Wildman–Crippen MR) is 143 cm³/mol. The average molecular weight is 459 g/mol. The standard InChI is InChI=1S/C31H30BNO2/c1-5-13-26(14-6-1)21-22-32-34-30(28-17-9-3-10-18-28)24-33(23-27-15-7-2-8-16-27)25-31(35-32)29-19-11-4-12-20-29/h1-22,30-31H,23-25H2/b22-21+/t30-,31-/m0/s1. The highest BCUT2D eigenvalue weighted by molar-refractivity contribution is 6.51. The topological polar surface area (TPSA) is 21.7 Å². The zero-order chi connectivity index (χ0) is 23.7. The Morgan fingerprint density at radius 3 is 1.60 bits per heavy atom. The Bertz CT molecular complexity index is 1130. The van der Waals surface area contributed by atoms with Crippen LogP contribution in [0.3, 0.4) is 0 Å². The van der Waals surface area contributed by atoms with E-state index < -0.39 is 7.12 Å². The van der Waals surface area contributed by atoms with E-state index in [1.165, 1.54) is 5.56 Å². The second kappa shape index (κ2) is 11.8. The lowest BCUT2D eigenvalue weighted by Gasteiger charge is -2.36. The van der Waals surface area contributed by atoms with Gasteiger partial charge in [0.2, 0.25) is 0 Å². The third kappa shape index (κ3) is 6.58. The highest BCUT2D eigenvalue weighted by Gasteiger charge is 2.32. The monoisotopic (exact) mass is 459 g/mol. The molecule has 0 bridgehead atoms. The van der Waals surface area contributed by atoms with E-state index >= 15 is 0 Å². The summed E-state index contributed by atoms with van der Waals surface area (Å²) in [5.74, 6) is 2.04. The van der Waals surface area contributed by atoms with Crippen molar-refractivity contribution in [1.29, 1.82) is 0 Å². The normalized spacial score (nSPS) is 19.4. The van der Waals surface area contributed by atoms with Crippen molar-refractivity contribution < 1.29 is 9.31 Å². The lowest BCUT2D eigenvalue weighted by atomic mass is 9.85. The molecule has 2 atom stereocenters. The molecule has 5 rings (SSSR count). The fourth-order valence-corrected chi connectivity index (χ4v) is 4.50. The summed E-state index contributed by atoms with van der Waals surface area (Å²) in [6, 6.07) is 41.8. The lowest BCUT2D eigenvalue weighted by molar-refractivity contribution is 0.0219. The second-order valence-electron chi connectivity index (χ2n) is 8.89. The van der Waals surface area contributed by atoms with Gasteiger partial charge in [-0.05, 0) is 22.3 Å². The van der Waals surface area contributed by atoms with Gasteiger partial charge in [-0.2, -0.15) is 0 Å². The Hall–Kier alpha value is -3.44. The van der Waals surface area contributed by atoms with Crippen LogP contribution >= 0.6 is 0 Å². The Labute approximate surface area is 208 Å². The molecule has 0 saturated carbocycles. The van der Waals surface area contributed by atoms with E-state index in [1.54, 1.807) is 0 Å². The molecule has 1 saturated heterocycles. The molecule has 1 aliphatic heterocycles. The van der Waals surface area contributed by atoms with E-state index in [2.05, 4.69) is 102 Å². The molecule has 0 unspecified atom stereocenters. The molecule has 174 valence electrons. The summed E-state index contributed by atoms with van der Waals surface area (Å²) in [6.07, 6.45) is 1.86. The molecule has 0 spiro atoms. The van der Waals surface area contributed by atoms with E-state index in [1.807, 2.05) is 36.3 Å². The van der Waals surface area contributed by atoms with Gasteiger partial charge in [-0.3, -0.25) is 4.90 Å². The van der Waals surface area contributed by atoms with Crippen LogP contribution in [0, 0.1) is 0 Å². The van der Waals surface area contributed by atoms with Gasteiger partial charge in [-0.15, -0.1) is 0 Å². The van der Waals surface area contributed by atoms with Crippen molar-refractivity contribution in [2.75, 3.05) is 13.1 Å². The van der Waals surface area contributed by atoms with Gasteiger partial charge >= 0.3 is 7.12 Å². The molecule has 4 aromatic rings. The first kappa shape index (κ1) is 23.3. The molecular formula is C31H30BNO2. The van der Waals surface area contributed by atoms with Crippen LogP contribution in [0.15, 0.2) is 127 Å². The van der Waals surface area contributed by atoms with E-state index in [0.29, 0.717) is 0 Å². The summed E-state index contributed by atoms with van der Waals surface area (Å²) in [5, 5.41) is 0. The molecule has 1 aliphatic rings. The number of nitrogens with zero attached hydrogens (tertiary/aromatic N) is 1. The summed E-state index contributed by atoms with van der Waals surface area (Å²) >= 11 is 0. The van der Waals surface area contributed by atoms with Crippen LogP contribution in [0.5, 0.6) is 0 Å². The first-order valence-corrected chi connectivity index (χ1v) is 12.2. The zero-order valence-corrected chi connectivity index (χ0v) is 19.8. The summed E-state index contributed by atoms with van der Waals surface area (Å²) in [6.45, 7) is 2.40. The van der Waals surface area contributed by atoms with E-state index in [-0.39, 0.29) is 12.2 Å². The minimum atomic E-state index is -0.468. The molecule has 0 amide bonds. The van der Waals surface area contributed by atoms with Crippen LogP contribution in [0.1, 0.15) is 34.5 Å². The first-order valence-electron chi connectivity index (χ1n) is 12.2. The number of hydrogen-bond donors (Lipinski definition) is 0.